The fourth-order valence-electron chi connectivity index (χ4n) is 3.51. The first-order valence-electron chi connectivity index (χ1n) is 9.61. The van der Waals surface area contributed by atoms with E-state index in [1.165, 1.54) is 12.3 Å². The van der Waals surface area contributed by atoms with Crippen molar-refractivity contribution in [3.05, 3.63) is 90.9 Å². The van der Waals surface area contributed by atoms with E-state index in [9.17, 15) is 17.6 Å². The van der Waals surface area contributed by atoms with E-state index >= 15 is 0 Å². The number of aromatic amines is 1. The average Bonchev–Trinajstić information content (AvgIpc) is 3.24. The number of nitrogens with zero attached hydrogens (tertiary/aromatic N) is 3. The Kier molecular flexibility index (Phi) is 4.70. The average molecular weight is 434 g/mol. The van der Waals surface area contributed by atoms with Gasteiger partial charge in [0.1, 0.15) is 17.2 Å². The van der Waals surface area contributed by atoms with Gasteiger partial charge in [0.15, 0.2) is 0 Å². The molecule has 5 aromatic rings. The fraction of sp³-hybridized carbons (Fsp3) is 0.0417. The molecular weight excluding hydrogens is 420 g/mol. The van der Waals surface area contributed by atoms with Crippen LogP contribution in [-0.2, 0) is 6.18 Å². The molecule has 0 radical (unpaired) electrons. The van der Waals surface area contributed by atoms with E-state index < -0.39 is 11.9 Å². The van der Waals surface area contributed by atoms with Gasteiger partial charge in [0.2, 0.25) is 0 Å². The maximum Gasteiger partial charge on any atom is 0.431 e. The van der Waals surface area contributed by atoms with Crippen molar-refractivity contribution in [1.82, 2.24) is 19.9 Å². The number of nitrogens with one attached hydrogen (secondary N) is 1. The molecule has 0 unspecified atom stereocenters. The second kappa shape index (κ2) is 7.56. The van der Waals surface area contributed by atoms with Gasteiger partial charge in [-0.3, -0.25) is 9.97 Å². The standard InChI is InChI=1S/C24H14F4N4/c25-20-4-2-1-3-19(20)21-9-14(5-6-30-21)16-8-17(12-29-11-16)18-7-15-10-22(24(26,27)28)32-23(15)31-13-18/h1-13H,(H,31,32). The van der Waals surface area contributed by atoms with E-state index in [1.54, 1.807) is 55.0 Å². The van der Waals surface area contributed by atoms with Gasteiger partial charge >= 0.3 is 6.18 Å². The normalized spacial score (nSPS) is 11.8. The molecule has 158 valence electrons. The second-order valence-electron chi connectivity index (χ2n) is 7.21. The van der Waals surface area contributed by atoms with Crippen LogP contribution in [0.5, 0.6) is 0 Å². The molecule has 0 spiro atoms. The summed E-state index contributed by atoms with van der Waals surface area (Å²) in [4.78, 5) is 14.9. The number of fused-ring (bicyclic) bond motifs is 1. The highest BCUT2D eigenvalue weighted by Gasteiger charge is 2.32. The lowest BCUT2D eigenvalue weighted by atomic mass is 10.0. The number of halogens is 4. The van der Waals surface area contributed by atoms with E-state index in [4.69, 9.17) is 0 Å². The number of hydrogen-bond acceptors (Lipinski definition) is 3. The number of pyridine rings is 3. The molecular formula is C24H14F4N4. The SMILES string of the molecule is Fc1ccccc1-c1cc(-c2cncc(-c3cnc4[nH]c(C(F)(F)F)cc4c3)c2)ccn1. The molecule has 4 heterocycles. The van der Waals surface area contributed by atoms with Gasteiger partial charge in [-0.1, -0.05) is 12.1 Å². The molecule has 32 heavy (non-hydrogen) atoms. The highest BCUT2D eigenvalue weighted by Crippen LogP contribution is 2.33. The zero-order valence-electron chi connectivity index (χ0n) is 16.4. The molecule has 0 aliphatic heterocycles. The molecule has 0 aliphatic carbocycles. The van der Waals surface area contributed by atoms with Crippen molar-refractivity contribution in [2.24, 2.45) is 0 Å². The van der Waals surface area contributed by atoms with Gasteiger partial charge in [-0.25, -0.2) is 9.37 Å². The third-order valence-corrected chi connectivity index (χ3v) is 5.09. The maximum atomic E-state index is 14.2. The molecule has 0 saturated heterocycles. The Bertz CT molecular complexity index is 1440. The van der Waals surface area contributed by atoms with Crippen molar-refractivity contribution in [2.75, 3.05) is 0 Å². The summed E-state index contributed by atoms with van der Waals surface area (Å²) in [6, 6.07) is 14.5. The summed E-state index contributed by atoms with van der Waals surface area (Å²) in [6.07, 6.45) is 1.89. The first-order valence-corrected chi connectivity index (χ1v) is 9.61. The van der Waals surface area contributed by atoms with Crippen molar-refractivity contribution in [1.29, 1.82) is 0 Å². The van der Waals surface area contributed by atoms with Gasteiger partial charge in [-0.2, -0.15) is 13.2 Å². The van der Waals surface area contributed by atoms with Gasteiger partial charge in [-0.15, -0.1) is 0 Å². The minimum absolute atomic E-state index is 0.161. The summed E-state index contributed by atoms with van der Waals surface area (Å²) in [5.41, 5.74) is 3.05. The topological polar surface area (TPSA) is 54.5 Å². The van der Waals surface area contributed by atoms with Gasteiger partial charge in [0.25, 0.3) is 0 Å². The first kappa shape index (κ1) is 19.9. The Morgan fingerprint density at radius 3 is 2.28 bits per heavy atom. The molecule has 0 fully saturated rings. The van der Waals surface area contributed by atoms with Gasteiger partial charge in [0.05, 0.1) is 5.69 Å². The van der Waals surface area contributed by atoms with Gasteiger partial charge in [0, 0.05) is 52.4 Å². The monoisotopic (exact) mass is 434 g/mol. The zero-order valence-corrected chi connectivity index (χ0v) is 16.4. The van der Waals surface area contributed by atoms with E-state index in [2.05, 4.69) is 19.9 Å². The number of H-pyrrole nitrogens is 1. The van der Waals surface area contributed by atoms with Gasteiger partial charge < -0.3 is 4.98 Å². The summed E-state index contributed by atoms with van der Waals surface area (Å²) < 4.78 is 53.1. The molecule has 0 saturated carbocycles. The van der Waals surface area contributed by atoms with Crippen molar-refractivity contribution in [2.45, 2.75) is 6.18 Å². The molecule has 5 rings (SSSR count). The minimum Gasteiger partial charge on any atom is -0.336 e. The van der Waals surface area contributed by atoms with E-state index in [1.807, 2.05) is 6.07 Å². The Balaban J connectivity index is 1.53. The number of benzene rings is 1. The molecule has 0 bridgehead atoms. The number of alkyl halides is 3. The van der Waals surface area contributed by atoms with Crippen LogP contribution >= 0.6 is 0 Å². The zero-order chi connectivity index (χ0) is 22.3. The lowest BCUT2D eigenvalue weighted by Crippen LogP contribution is -2.04. The van der Waals surface area contributed by atoms with Crippen LogP contribution in [0.2, 0.25) is 0 Å². The predicted molar refractivity (Wildman–Crippen MR) is 113 cm³/mol. The van der Waals surface area contributed by atoms with Gasteiger partial charge in [-0.05, 0) is 48.0 Å². The van der Waals surface area contributed by atoms with Crippen LogP contribution in [0.25, 0.3) is 44.5 Å². The molecule has 0 amide bonds. The second-order valence-corrected chi connectivity index (χ2v) is 7.21. The molecule has 1 N–H and O–H groups in total. The number of aromatic nitrogens is 4. The molecule has 1 aromatic carbocycles. The van der Waals surface area contributed by atoms with Crippen LogP contribution in [0.15, 0.2) is 79.4 Å². The van der Waals surface area contributed by atoms with Crippen LogP contribution in [-0.4, -0.2) is 19.9 Å². The maximum absolute atomic E-state index is 14.2. The summed E-state index contributed by atoms with van der Waals surface area (Å²) in [7, 11) is 0. The lowest BCUT2D eigenvalue weighted by Gasteiger charge is -2.08. The number of hydrogen-bond donors (Lipinski definition) is 1. The van der Waals surface area contributed by atoms with E-state index in [0.717, 1.165) is 17.2 Å². The Hall–Kier alpha value is -4.07. The Morgan fingerprint density at radius 2 is 1.50 bits per heavy atom. The largest absolute Gasteiger partial charge is 0.431 e. The van der Waals surface area contributed by atoms with Crippen LogP contribution in [0, 0.1) is 5.82 Å². The van der Waals surface area contributed by atoms with Crippen molar-refractivity contribution >= 4 is 11.0 Å². The first-order chi connectivity index (χ1) is 15.4. The summed E-state index contributed by atoms with van der Waals surface area (Å²) >= 11 is 0. The van der Waals surface area contributed by atoms with Crippen molar-refractivity contribution < 1.29 is 17.6 Å². The molecule has 8 heteroatoms. The summed E-state index contributed by atoms with van der Waals surface area (Å²) in [5.74, 6) is -0.367. The highest BCUT2D eigenvalue weighted by atomic mass is 19.4. The van der Waals surface area contributed by atoms with Crippen molar-refractivity contribution in [3.8, 4) is 33.5 Å². The molecule has 4 aromatic heterocycles. The van der Waals surface area contributed by atoms with Crippen LogP contribution in [0.3, 0.4) is 0 Å². The third kappa shape index (κ3) is 3.71. The molecule has 0 atom stereocenters. The van der Waals surface area contributed by atoms with E-state index in [-0.39, 0.29) is 11.5 Å². The lowest BCUT2D eigenvalue weighted by molar-refractivity contribution is -0.140. The quantitative estimate of drug-likeness (QED) is 0.329. The smallest absolute Gasteiger partial charge is 0.336 e. The highest BCUT2D eigenvalue weighted by molar-refractivity contribution is 5.83. The van der Waals surface area contributed by atoms with Crippen LogP contribution in [0.1, 0.15) is 5.69 Å². The third-order valence-electron chi connectivity index (χ3n) is 5.09. The fourth-order valence-corrected chi connectivity index (χ4v) is 3.51. The Labute approximate surface area is 179 Å². The minimum atomic E-state index is -4.47. The van der Waals surface area contributed by atoms with Crippen LogP contribution in [0.4, 0.5) is 17.6 Å². The summed E-state index contributed by atoms with van der Waals surface area (Å²) in [5, 5.41) is 0.353. The molecule has 0 aliphatic rings. The summed E-state index contributed by atoms with van der Waals surface area (Å²) in [6.45, 7) is 0. The van der Waals surface area contributed by atoms with Crippen molar-refractivity contribution in [3.63, 3.8) is 0 Å². The Morgan fingerprint density at radius 1 is 0.750 bits per heavy atom. The predicted octanol–water partition coefficient (Wildman–Crippen LogP) is 6.51. The molecule has 4 nitrogen and oxygen atoms in total. The van der Waals surface area contributed by atoms with E-state index in [0.29, 0.717) is 27.8 Å². The number of rotatable bonds is 3. The van der Waals surface area contributed by atoms with Crippen LogP contribution < -0.4 is 0 Å².